The fraction of sp³-hybridized carbons (Fsp3) is 0.308. The number of carboxylic acid groups (broad SMARTS) is 3. The van der Waals surface area contributed by atoms with Crippen LogP contribution in [-0.2, 0) is 14.4 Å². The summed E-state index contributed by atoms with van der Waals surface area (Å²) in [6.07, 6.45) is -0.532. The minimum atomic E-state index is -1.29. The fourth-order valence-corrected chi connectivity index (χ4v) is 1.12. The third kappa shape index (κ3) is 9.00. The number of hydrogen-bond acceptors (Lipinski definition) is 5. The summed E-state index contributed by atoms with van der Waals surface area (Å²) in [5.74, 6) is -3.35. The lowest BCUT2D eigenvalue weighted by Crippen LogP contribution is -2.32. The molecule has 0 aliphatic carbocycles. The molecule has 21 heavy (non-hydrogen) atoms. The van der Waals surface area contributed by atoms with Gasteiger partial charge in [0.15, 0.2) is 0 Å². The van der Waals surface area contributed by atoms with E-state index < -0.39 is 36.4 Å². The number of nitrogens with one attached hydrogen (secondary N) is 1. The first-order valence-electron chi connectivity index (χ1n) is 5.98. The molecule has 8 heteroatoms. The molecule has 0 saturated carbocycles. The third-order valence-corrected chi connectivity index (χ3v) is 2.24. The van der Waals surface area contributed by atoms with Gasteiger partial charge in [0.2, 0.25) is 0 Å². The van der Waals surface area contributed by atoms with Crippen LogP contribution in [-0.4, -0.2) is 45.3 Å². The second kappa shape index (κ2) is 9.32. The molecule has 8 nitrogen and oxygen atoms in total. The molecule has 1 rings (SSSR count). The number of benzene rings is 1. The van der Waals surface area contributed by atoms with Crippen LogP contribution in [0.25, 0.3) is 0 Å². The Balaban J connectivity index is 0.000000400. The molecule has 116 valence electrons. The molecule has 0 unspecified atom stereocenters. The maximum absolute atomic E-state index is 10.4. The molecule has 6 N–H and O–H groups in total. The number of rotatable bonds is 6. The maximum atomic E-state index is 10.4. The van der Waals surface area contributed by atoms with Gasteiger partial charge < -0.3 is 26.4 Å². The van der Waals surface area contributed by atoms with E-state index in [4.69, 9.17) is 21.1 Å². The van der Waals surface area contributed by atoms with Gasteiger partial charge in [-0.3, -0.25) is 14.4 Å². The molecule has 0 saturated heterocycles. The largest absolute Gasteiger partial charge is 0.481 e. The van der Waals surface area contributed by atoms with Gasteiger partial charge >= 0.3 is 17.9 Å². The minimum Gasteiger partial charge on any atom is -0.481 e. The Morgan fingerprint density at radius 2 is 1.62 bits per heavy atom. The SMILES string of the molecule is C[C@H](Nc1ccccc1)C(=O)O.N[C@@H](CC(=O)O)C(=O)O. The summed E-state index contributed by atoms with van der Waals surface area (Å²) in [7, 11) is 0. The van der Waals surface area contributed by atoms with Gasteiger partial charge in [0.05, 0.1) is 6.42 Å². The van der Waals surface area contributed by atoms with Crippen molar-refractivity contribution in [3.05, 3.63) is 30.3 Å². The monoisotopic (exact) mass is 298 g/mol. The summed E-state index contributed by atoms with van der Waals surface area (Å²) in [5, 5.41) is 27.5. The first kappa shape index (κ1) is 18.4. The van der Waals surface area contributed by atoms with Crippen LogP contribution in [0.2, 0.25) is 0 Å². The second-order valence-electron chi connectivity index (χ2n) is 4.11. The van der Waals surface area contributed by atoms with E-state index in [0.29, 0.717) is 0 Å². The molecule has 1 aromatic rings. The fourth-order valence-electron chi connectivity index (χ4n) is 1.12. The van der Waals surface area contributed by atoms with E-state index in [1.165, 1.54) is 0 Å². The highest BCUT2D eigenvalue weighted by molar-refractivity contribution is 5.80. The van der Waals surface area contributed by atoms with Crippen LogP contribution in [0.15, 0.2) is 30.3 Å². The molecule has 0 spiro atoms. The zero-order valence-corrected chi connectivity index (χ0v) is 11.4. The minimum absolute atomic E-state index is 0.532. The van der Waals surface area contributed by atoms with Crippen LogP contribution in [0.1, 0.15) is 13.3 Å². The summed E-state index contributed by atoms with van der Waals surface area (Å²) < 4.78 is 0. The van der Waals surface area contributed by atoms with Crippen molar-refractivity contribution >= 4 is 23.6 Å². The molecule has 0 amide bonds. The van der Waals surface area contributed by atoms with Crippen LogP contribution in [0, 0.1) is 0 Å². The number of para-hydroxylation sites is 1. The van der Waals surface area contributed by atoms with E-state index in [1.807, 2.05) is 30.3 Å². The lowest BCUT2D eigenvalue weighted by atomic mass is 10.2. The van der Waals surface area contributed by atoms with Gasteiger partial charge in [-0.25, -0.2) is 0 Å². The molecular weight excluding hydrogens is 280 g/mol. The predicted octanol–water partition coefficient (Wildman–Crippen LogP) is 0.445. The highest BCUT2D eigenvalue weighted by atomic mass is 16.4. The first-order valence-corrected chi connectivity index (χ1v) is 5.98. The van der Waals surface area contributed by atoms with Crippen molar-refractivity contribution in [1.29, 1.82) is 0 Å². The quantitative estimate of drug-likeness (QED) is 0.507. The van der Waals surface area contributed by atoms with Crippen molar-refractivity contribution in [2.24, 2.45) is 5.73 Å². The maximum Gasteiger partial charge on any atom is 0.325 e. The van der Waals surface area contributed by atoms with Gasteiger partial charge in [-0.1, -0.05) is 18.2 Å². The molecule has 0 aliphatic heterocycles. The third-order valence-electron chi connectivity index (χ3n) is 2.24. The standard InChI is InChI=1S/C9H11NO2.C4H7NO4/c1-7(9(11)12)10-8-5-3-2-4-6-8;5-2(4(8)9)1-3(6)7/h2-7,10H,1H3,(H,11,12);2H,1,5H2,(H,6,7)(H,8,9)/t7-;2-/m00/s1. The van der Waals surface area contributed by atoms with E-state index in [-0.39, 0.29) is 0 Å². The number of carboxylic acids is 3. The van der Waals surface area contributed by atoms with E-state index in [1.54, 1.807) is 6.92 Å². The summed E-state index contributed by atoms with van der Waals surface area (Å²) >= 11 is 0. The van der Waals surface area contributed by atoms with E-state index in [0.717, 1.165) is 5.69 Å². The molecule has 0 aliphatic rings. The molecule has 0 bridgehead atoms. The van der Waals surface area contributed by atoms with Crippen molar-refractivity contribution in [1.82, 2.24) is 0 Å². The number of hydrogen-bond donors (Lipinski definition) is 5. The van der Waals surface area contributed by atoms with Gasteiger partial charge in [0.25, 0.3) is 0 Å². The van der Waals surface area contributed by atoms with Crippen molar-refractivity contribution in [3.63, 3.8) is 0 Å². The van der Waals surface area contributed by atoms with E-state index >= 15 is 0 Å². The molecule has 0 fully saturated rings. The zero-order valence-electron chi connectivity index (χ0n) is 11.4. The van der Waals surface area contributed by atoms with Gasteiger partial charge in [-0.2, -0.15) is 0 Å². The number of aliphatic carboxylic acids is 3. The number of carbonyl (C=O) groups is 3. The summed E-state index contributed by atoms with van der Waals surface area (Å²) in [6.45, 7) is 1.61. The van der Waals surface area contributed by atoms with Crippen LogP contribution in [0.4, 0.5) is 5.69 Å². The highest BCUT2D eigenvalue weighted by Crippen LogP contribution is 2.06. The Hall–Kier alpha value is -2.61. The summed E-state index contributed by atoms with van der Waals surface area (Å²) in [5.41, 5.74) is 5.66. The van der Waals surface area contributed by atoms with Crippen molar-refractivity contribution in [2.45, 2.75) is 25.4 Å². The topological polar surface area (TPSA) is 150 Å². The average Bonchev–Trinajstić information content (AvgIpc) is 2.39. The van der Waals surface area contributed by atoms with Gasteiger partial charge in [0, 0.05) is 5.69 Å². The van der Waals surface area contributed by atoms with Gasteiger partial charge in [0.1, 0.15) is 12.1 Å². The number of anilines is 1. The Labute approximate surface area is 121 Å². The summed E-state index contributed by atoms with van der Waals surface area (Å²) in [4.78, 5) is 30.1. The Bertz CT molecular complexity index is 477. The van der Waals surface area contributed by atoms with Crippen molar-refractivity contribution in [2.75, 3.05) is 5.32 Å². The lowest BCUT2D eigenvalue weighted by Gasteiger charge is -2.09. The molecule has 0 aromatic heterocycles. The smallest absolute Gasteiger partial charge is 0.325 e. The predicted molar refractivity (Wildman–Crippen MR) is 75.0 cm³/mol. The Morgan fingerprint density at radius 1 is 1.10 bits per heavy atom. The summed E-state index contributed by atoms with van der Waals surface area (Å²) in [6, 6.07) is 7.43. The molecule has 1 aromatic carbocycles. The van der Waals surface area contributed by atoms with E-state index in [2.05, 4.69) is 5.32 Å². The average molecular weight is 298 g/mol. The Morgan fingerprint density at radius 3 is 1.95 bits per heavy atom. The molecule has 0 heterocycles. The van der Waals surface area contributed by atoms with Crippen LogP contribution < -0.4 is 11.1 Å². The highest BCUT2D eigenvalue weighted by Gasteiger charge is 2.14. The second-order valence-corrected chi connectivity index (χ2v) is 4.11. The van der Waals surface area contributed by atoms with Crippen LogP contribution >= 0.6 is 0 Å². The molecule has 0 radical (unpaired) electrons. The first-order chi connectivity index (χ1) is 9.73. The molecule has 2 atom stereocenters. The van der Waals surface area contributed by atoms with Crippen molar-refractivity contribution < 1.29 is 29.7 Å². The zero-order chi connectivity index (χ0) is 16.4. The lowest BCUT2D eigenvalue weighted by molar-refractivity contribution is -0.144. The Kier molecular flexibility index (Phi) is 8.16. The van der Waals surface area contributed by atoms with Gasteiger partial charge in [-0.15, -0.1) is 0 Å². The number of nitrogens with two attached hydrogens (primary N) is 1. The normalized spacial score (nSPS) is 12.3. The van der Waals surface area contributed by atoms with E-state index in [9.17, 15) is 14.4 Å². The van der Waals surface area contributed by atoms with Crippen LogP contribution in [0.5, 0.6) is 0 Å². The van der Waals surface area contributed by atoms with Crippen molar-refractivity contribution in [3.8, 4) is 0 Å². The van der Waals surface area contributed by atoms with Crippen LogP contribution in [0.3, 0.4) is 0 Å². The van der Waals surface area contributed by atoms with Gasteiger partial charge in [-0.05, 0) is 19.1 Å². The molecular formula is C13H18N2O6.